The van der Waals surface area contributed by atoms with E-state index in [1.807, 2.05) is 6.66 Å². The van der Waals surface area contributed by atoms with Crippen LogP contribution in [0.2, 0.25) is 0 Å². The van der Waals surface area contributed by atoms with Crippen LogP contribution in [0.3, 0.4) is 0 Å². The minimum Gasteiger partial charge on any atom is -0.480 e. The van der Waals surface area contributed by atoms with Gasteiger partial charge in [-0.2, -0.15) is 0 Å². The van der Waals surface area contributed by atoms with Crippen molar-refractivity contribution in [1.29, 1.82) is 0 Å². The smallest absolute Gasteiger partial charge is 0.326 e. The summed E-state index contributed by atoms with van der Waals surface area (Å²) in [5.74, 6) is -1.26. The third-order valence-corrected chi connectivity index (χ3v) is 1.90. The van der Waals surface area contributed by atoms with E-state index in [-0.39, 0.29) is 5.91 Å². The maximum absolute atomic E-state index is 10.5. The monoisotopic (exact) mass is 177 g/mol. The van der Waals surface area contributed by atoms with Gasteiger partial charge in [0.05, 0.1) is 0 Å². The Morgan fingerprint density at radius 3 is 2.45 bits per heavy atom. The molecule has 0 aliphatic carbocycles. The standard InChI is InChI=1S/C6H12NO3P/c1-4(8)7-5(3-11-2)6(9)10/h5,11H,3H2,1-2H3,(H,7,8)(H,9,10). The molecule has 2 atom stereocenters. The fourth-order valence-electron chi connectivity index (χ4n) is 0.650. The molecule has 0 saturated carbocycles. The average molecular weight is 177 g/mol. The molecule has 0 spiro atoms. The van der Waals surface area contributed by atoms with Crippen molar-refractivity contribution in [3.8, 4) is 0 Å². The third-order valence-electron chi connectivity index (χ3n) is 1.08. The summed E-state index contributed by atoms with van der Waals surface area (Å²) in [5.41, 5.74) is 0. The number of carbonyl (C=O) groups is 2. The molecule has 0 aromatic rings. The average Bonchev–Trinajstić information content (AvgIpc) is 1.86. The van der Waals surface area contributed by atoms with Gasteiger partial charge in [-0.3, -0.25) is 4.79 Å². The lowest BCUT2D eigenvalue weighted by Gasteiger charge is -2.10. The highest BCUT2D eigenvalue weighted by atomic mass is 31.1. The number of carboxylic acids is 1. The molecule has 0 aromatic carbocycles. The molecule has 0 aliphatic heterocycles. The van der Waals surface area contributed by atoms with Crippen LogP contribution in [-0.4, -0.2) is 35.9 Å². The van der Waals surface area contributed by atoms with Crippen LogP contribution in [0, 0.1) is 0 Å². The second-order valence-electron chi connectivity index (χ2n) is 2.15. The number of carboxylic acid groups (broad SMARTS) is 1. The van der Waals surface area contributed by atoms with Crippen LogP contribution in [0.1, 0.15) is 6.92 Å². The Morgan fingerprint density at radius 2 is 2.18 bits per heavy atom. The van der Waals surface area contributed by atoms with Gasteiger partial charge in [0.1, 0.15) is 6.04 Å². The quantitative estimate of drug-likeness (QED) is 0.588. The Kier molecular flexibility index (Phi) is 4.79. The van der Waals surface area contributed by atoms with Crippen molar-refractivity contribution in [1.82, 2.24) is 5.32 Å². The number of carbonyl (C=O) groups excluding carboxylic acids is 1. The van der Waals surface area contributed by atoms with E-state index in [1.165, 1.54) is 6.92 Å². The van der Waals surface area contributed by atoms with E-state index in [0.717, 1.165) is 0 Å². The summed E-state index contributed by atoms with van der Waals surface area (Å²) in [6.45, 7) is 3.21. The minimum atomic E-state index is -0.963. The van der Waals surface area contributed by atoms with Crippen LogP contribution in [-0.2, 0) is 9.59 Å². The molecule has 4 nitrogen and oxygen atoms in total. The lowest BCUT2D eigenvalue weighted by Crippen LogP contribution is -2.41. The van der Waals surface area contributed by atoms with E-state index < -0.39 is 12.0 Å². The van der Waals surface area contributed by atoms with Gasteiger partial charge in [0.15, 0.2) is 0 Å². The Labute approximate surface area is 67.1 Å². The van der Waals surface area contributed by atoms with E-state index >= 15 is 0 Å². The van der Waals surface area contributed by atoms with Crippen LogP contribution in [0.15, 0.2) is 0 Å². The van der Waals surface area contributed by atoms with Crippen molar-refractivity contribution in [3.63, 3.8) is 0 Å². The predicted octanol–water partition coefficient (Wildman–Crippen LogP) is -0.116. The molecule has 0 fully saturated rings. The van der Waals surface area contributed by atoms with E-state index in [2.05, 4.69) is 5.32 Å². The van der Waals surface area contributed by atoms with Gasteiger partial charge in [0.25, 0.3) is 0 Å². The molecule has 1 amide bonds. The summed E-state index contributed by atoms with van der Waals surface area (Å²) in [5, 5.41) is 10.9. The minimum absolute atomic E-state index is 0.296. The zero-order chi connectivity index (χ0) is 8.85. The molecule has 0 radical (unpaired) electrons. The van der Waals surface area contributed by atoms with Crippen molar-refractivity contribution in [2.75, 3.05) is 12.8 Å². The fourth-order valence-corrected chi connectivity index (χ4v) is 1.33. The molecule has 2 unspecified atom stereocenters. The Morgan fingerprint density at radius 1 is 1.64 bits per heavy atom. The molecule has 5 heteroatoms. The lowest BCUT2D eigenvalue weighted by atomic mass is 10.3. The molecule has 0 heterocycles. The zero-order valence-electron chi connectivity index (χ0n) is 6.55. The summed E-state index contributed by atoms with van der Waals surface area (Å²) in [4.78, 5) is 20.9. The lowest BCUT2D eigenvalue weighted by molar-refractivity contribution is -0.140. The molecule has 2 N–H and O–H groups in total. The fraction of sp³-hybridized carbons (Fsp3) is 0.667. The largest absolute Gasteiger partial charge is 0.480 e. The summed E-state index contributed by atoms with van der Waals surface area (Å²) in [6, 6.07) is -0.712. The SMILES string of the molecule is CPCC(NC(C)=O)C(=O)O. The Balaban J connectivity index is 3.89. The van der Waals surface area contributed by atoms with Gasteiger partial charge in [-0.05, 0) is 12.8 Å². The van der Waals surface area contributed by atoms with Gasteiger partial charge in [-0.15, -0.1) is 8.58 Å². The molecule has 11 heavy (non-hydrogen) atoms. The summed E-state index contributed by atoms with van der Waals surface area (Å²) in [7, 11) is 0.535. The predicted molar refractivity (Wildman–Crippen MR) is 44.3 cm³/mol. The highest BCUT2D eigenvalue weighted by molar-refractivity contribution is 7.37. The van der Waals surface area contributed by atoms with Crippen molar-refractivity contribution >= 4 is 20.5 Å². The Hall–Kier alpha value is -0.630. The molecular formula is C6H12NO3P. The molecule has 0 aliphatic rings. The third kappa shape index (κ3) is 4.73. The molecule has 0 rings (SSSR count). The number of amides is 1. The highest BCUT2D eigenvalue weighted by Crippen LogP contribution is 2.04. The van der Waals surface area contributed by atoms with Gasteiger partial charge in [-0.1, -0.05) is 0 Å². The van der Waals surface area contributed by atoms with Crippen molar-refractivity contribution in [2.24, 2.45) is 0 Å². The van der Waals surface area contributed by atoms with Crippen molar-refractivity contribution < 1.29 is 14.7 Å². The maximum atomic E-state index is 10.5. The van der Waals surface area contributed by atoms with E-state index in [9.17, 15) is 9.59 Å². The first-order valence-electron chi connectivity index (χ1n) is 3.22. The van der Waals surface area contributed by atoms with E-state index in [1.54, 1.807) is 0 Å². The first kappa shape index (κ1) is 10.4. The number of nitrogens with one attached hydrogen (secondary N) is 1. The Bertz CT molecular complexity index is 160. The van der Waals surface area contributed by atoms with Gasteiger partial charge in [0, 0.05) is 6.92 Å². The van der Waals surface area contributed by atoms with Crippen molar-refractivity contribution in [3.05, 3.63) is 0 Å². The van der Waals surface area contributed by atoms with Crippen LogP contribution in [0.5, 0.6) is 0 Å². The van der Waals surface area contributed by atoms with Gasteiger partial charge in [0.2, 0.25) is 5.91 Å². The topological polar surface area (TPSA) is 66.4 Å². The van der Waals surface area contributed by atoms with Crippen LogP contribution in [0.4, 0.5) is 0 Å². The summed E-state index contributed by atoms with van der Waals surface area (Å²) in [6.07, 6.45) is 0.509. The number of hydrogen-bond acceptors (Lipinski definition) is 2. The second kappa shape index (κ2) is 5.08. The van der Waals surface area contributed by atoms with E-state index in [4.69, 9.17) is 5.11 Å². The normalized spacial score (nSPS) is 13.3. The molecule has 64 valence electrons. The summed E-state index contributed by atoms with van der Waals surface area (Å²) < 4.78 is 0. The molecule has 0 bridgehead atoms. The molecule has 0 saturated heterocycles. The number of rotatable bonds is 4. The van der Waals surface area contributed by atoms with Crippen molar-refractivity contribution in [2.45, 2.75) is 13.0 Å². The molecule has 0 aromatic heterocycles. The molecular weight excluding hydrogens is 165 g/mol. The summed E-state index contributed by atoms with van der Waals surface area (Å²) >= 11 is 0. The first-order valence-corrected chi connectivity index (χ1v) is 4.93. The van der Waals surface area contributed by atoms with E-state index in [0.29, 0.717) is 14.7 Å². The first-order chi connectivity index (χ1) is 5.07. The van der Waals surface area contributed by atoms with Crippen LogP contribution >= 0.6 is 8.58 Å². The number of hydrogen-bond donors (Lipinski definition) is 2. The van der Waals surface area contributed by atoms with Crippen LogP contribution in [0.25, 0.3) is 0 Å². The van der Waals surface area contributed by atoms with Crippen LogP contribution < -0.4 is 5.32 Å². The maximum Gasteiger partial charge on any atom is 0.326 e. The van der Waals surface area contributed by atoms with Gasteiger partial charge >= 0.3 is 5.97 Å². The highest BCUT2D eigenvalue weighted by Gasteiger charge is 2.16. The zero-order valence-corrected chi connectivity index (χ0v) is 7.55. The van der Waals surface area contributed by atoms with Gasteiger partial charge < -0.3 is 10.4 Å². The second-order valence-corrected chi connectivity index (χ2v) is 3.26. The van der Waals surface area contributed by atoms with Gasteiger partial charge in [-0.25, -0.2) is 4.79 Å². The number of aliphatic carboxylic acids is 1.